The molecule has 4 unspecified atom stereocenters. The van der Waals surface area contributed by atoms with Crippen LogP contribution >= 0.6 is 0 Å². The molecule has 0 spiro atoms. The van der Waals surface area contributed by atoms with Crippen molar-refractivity contribution in [1.82, 2.24) is 15.1 Å². The van der Waals surface area contributed by atoms with Gasteiger partial charge in [-0.1, -0.05) is 57.2 Å². The summed E-state index contributed by atoms with van der Waals surface area (Å²) in [6.45, 7) is 9.26. The molecule has 0 radical (unpaired) electrons. The van der Waals surface area contributed by atoms with E-state index in [1.807, 2.05) is 13.0 Å². The first kappa shape index (κ1) is 32.9. The molecular weight excluding hydrogens is 552 g/mol. The van der Waals surface area contributed by atoms with Gasteiger partial charge in [-0.2, -0.15) is 0 Å². The van der Waals surface area contributed by atoms with Crippen molar-refractivity contribution in [3.05, 3.63) is 71.3 Å². The van der Waals surface area contributed by atoms with Crippen molar-refractivity contribution in [2.75, 3.05) is 26.2 Å². The zero-order valence-electron chi connectivity index (χ0n) is 25.7. The Hall–Kier alpha value is -3.04. The molecule has 1 saturated heterocycles. The van der Waals surface area contributed by atoms with Crippen LogP contribution in [-0.4, -0.2) is 71.3 Å². The average Bonchev–Trinajstić information content (AvgIpc) is 3.38. The van der Waals surface area contributed by atoms with Gasteiger partial charge in [-0.3, -0.25) is 4.79 Å². The van der Waals surface area contributed by atoms with Gasteiger partial charge in [-0.15, -0.1) is 0 Å². The van der Waals surface area contributed by atoms with Gasteiger partial charge in [0.05, 0.1) is 0 Å². The summed E-state index contributed by atoms with van der Waals surface area (Å²) in [5.41, 5.74) is 1.72. The number of carbonyl (C=O) groups is 2. The van der Waals surface area contributed by atoms with E-state index < -0.39 is 29.7 Å². The number of halogens is 2. The van der Waals surface area contributed by atoms with E-state index in [4.69, 9.17) is 4.74 Å². The number of piperidine rings is 1. The highest BCUT2D eigenvalue weighted by atomic mass is 19.2. The number of nitrogens with zero attached hydrogens (tertiary/aromatic N) is 2. The van der Waals surface area contributed by atoms with Crippen molar-refractivity contribution >= 4 is 12.1 Å². The molecule has 4 atom stereocenters. The van der Waals surface area contributed by atoms with E-state index in [9.17, 15) is 23.5 Å². The highest BCUT2D eigenvalue weighted by molar-refractivity contribution is 5.73. The quantitative estimate of drug-likeness (QED) is 0.276. The molecule has 0 aromatic heterocycles. The minimum Gasteiger partial charge on any atom is -0.480 e. The summed E-state index contributed by atoms with van der Waals surface area (Å²) < 4.78 is 32.3. The molecule has 2 aromatic rings. The number of carbonyl (C=O) groups excluding carboxylic acids is 1. The smallest absolute Gasteiger partial charge is 0.410 e. The van der Waals surface area contributed by atoms with Crippen LogP contribution < -0.4 is 5.32 Å². The lowest BCUT2D eigenvalue weighted by Gasteiger charge is -2.39. The molecule has 0 bridgehead atoms. The molecule has 1 aliphatic heterocycles. The molecule has 4 rings (SSSR count). The zero-order valence-corrected chi connectivity index (χ0v) is 25.7. The Morgan fingerprint density at radius 1 is 1.07 bits per heavy atom. The summed E-state index contributed by atoms with van der Waals surface area (Å²) in [6.07, 6.45) is 4.50. The highest BCUT2D eigenvalue weighted by Gasteiger charge is 2.39. The zero-order chi connectivity index (χ0) is 30.9. The first-order chi connectivity index (χ1) is 20.6. The van der Waals surface area contributed by atoms with E-state index in [2.05, 4.69) is 48.3 Å². The van der Waals surface area contributed by atoms with Crippen molar-refractivity contribution in [3.63, 3.8) is 0 Å². The Morgan fingerprint density at radius 2 is 1.79 bits per heavy atom. The number of rotatable bonds is 13. The van der Waals surface area contributed by atoms with Crippen LogP contribution in [0.5, 0.6) is 0 Å². The number of nitrogens with one attached hydrogen (secondary N) is 1. The van der Waals surface area contributed by atoms with Gasteiger partial charge in [0.25, 0.3) is 0 Å². The number of hydrogen-bond acceptors (Lipinski definition) is 5. The summed E-state index contributed by atoms with van der Waals surface area (Å²) in [4.78, 5) is 29.3. The molecule has 236 valence electrons. The lowest BCUT2D eigenvalue weighted by Crippen LogP contribution is -2.48. The summed E-state index contributed by atoms with van der Waals surface area (Å²) in [5, 5.41) is 13.3. The SMILES string of the molecule is CCCN(C(=O)OCc1ccc(F)c(F)c1)C1CCN(CC2CC(NC(CC(C)C)C(=O)O)CC2c2ccccc2)CC1. The average molecular weight is 600 g/mol. The second-order valence-corrected chi connectivity index (χ2v) is 12.7. The van der Waals surface area contributed by atoms with Gasteiger partial charge < -0.3 is 25.0 Å². The van der Waals surface area contributed by atoms with Crippen LogP contribution in [0, 0.1) is 23.5 Å². The predicted molar refractivity (Wildman–Crippen MR) is 163 cm³/mol. The van der Waals surface area contributed by atoms with Gasteiger partial charge in [0.2, 0.25) is 0 Å². The highest BCUT2D eigenvalue weighted by Crippen LogP contribution is 2.41. The molecule has 1 aliphatic carbocycles. The molecule has 1 saturated carbocycles. The van der Waals surface area contributed by atoms with Gasteiger partial charge in [0, 0.05) is 38.3 Å². The molecular formula is C34H47F2N3O4. The maximum atomic E-state index is 13.6. The van der Waals surface area contributed by atoms with Crippen molar-refractivity contribution in [2.45, 2.75) is 89.9 Å². The Bertz CT molecular complexity index is 1190. The largest absolute Gasteiger partial charge is 0.480 e. The third-order valence-electron chi connectivity index (χ3n) is 8.90. The normalized spacial score (nSPS) is 22.0. The fraction of sp³-hybridized carbons (Fsp3) is 0.588. The third-order valence-corrected chi connectivity index (χ3v) is 8.90. The number of amides is 1. The van der Waals surface area contributed by atoms with Crippen LogP contribution in [0.1, 0.15) is 76.3 Å². The van der Waals surface area contributed by atoms with Crippen LogP contribution in [0.25, 0.3) is 0 Å². The molecule has 7 nitrogen and oxygen atoms in total. The van der Waals surface area contributed by atoms with Crippen molar-refractivity contribution in [1.29, 1.82) is 0 Å². The molecule has 2 fully saturated rings. The molecule has 1 heterocycles. The number of carboxylic acids is 1. The summed E-state index contributed by atoms with van der Waals surface area (Å²) in [6, 6.07) is 13.7. The van der Waals surface area contributed by atoms with Crippen LogP contribution in [0.15, 0.2) is 48.5 Å². The van der Waals surface area contributed by atoms with E-state index in [1.165, 1.54) is 11.6 Å². The Morgan fingerprint density at radius 3 is 2.42 bits per heavy atom. The molecule has 9 heteroatoms. The molecule has 43 heavy (non-hydrogen) atoms. The molecule has 1 amide bonds. The summed E-state index contributed by atoms with van der Waals surface area (Å²) in [5.74, 6) is -1.61. The van der Waals surface area contributed by atoms with E-state index in [1.54, 1.807) is 4.90 Å². The number of ether oxygens (including phenoxy) is 1. The van der Waals surface area contributed by atoms with Gasteiger partial charge in [-0.05, 0) is 79.5 Å². The molecule has 2 aromatic carbocycles. The maximum absolute atomic E-state index is 13.6. The fourth-order valence-corrected chi connectivity index (χ4v) is 6.83. The predicted octanol–water partition coefficient (Wildman–Crippen LogP) is 6.43. The standard InChI is InChI=1S/C34H47F2N3O4/c1-4-14-39(34(42)43-22-24-10-11-30(35)31(36)18-24)28-12-15-38(16-13-28)21-26-19-27(37-32(33(40)41)17-23(2)3)20-29(26)25-8-6-5-7-9-25/h5-11,18,23,26-29,32,37H,4,12-17,19-22H2,1-3H3,(H,40,41). The van der Waals surface area contributed by atoms with E-state index in [0.717, 1.165) is 63.9 Å². The van der Waals surface area contributed by atoms with Crippen molar-refractivity contribution in [3.8, 4) is 0 Å². The fourth-order valence-electron chi connectivity index (χ4n) is 6.83. The Kier molecular flexibility index (Phi) is 11.9. The lowest BCUT2D eigenvalue weighted by atomic mass is 9.88. The van der Waals surface area contributed by atoms with Gasteiger partial charge in [0.1, 0.15) is 12.6 Å². The number of hydrogen-bond donors (Lipinski definition) is 2. The number of benzene rings is 2. The maximum Gasteiger partial charge on any atom is 0.410 e. The van der Waals surface area contributed by atoms with E-state index in [0.29, 0.717) is 36.3 Å². The van der Waals surface area contributed by atoms with Gasteiger partial charge in [0.15, 0.2) is 11.6 Å². The molecule has 2 N–H and O–H groups in total. The minimum atomic E-state index is -0.956. The van der Waals surface area contributed by atoms with Crippen LogP contribution in [-0.2, 0) is 16.1 Å². The van der Waals surface area contributed by atoms with Crippen molar-refractivity contribution < 1.29 is 28.2 Å². The number of carboxylic acid groups (broad SMARTS) is 1. The first-order valence-corrected chi connectivity index (χ1v) is 15.8. The lowest BCUT2D eigenvalue weighted by molar-refractivity contribution is -0.140. The van der Waals surface area contributed by atoms with Crippen LogP contribution in [0.2, 0.25) is 0 Å². The Labute approximate surface area is 254 Å². The second kappa shape index (κ2) is 15.6. The monoisotopic (exact) mass is 599 g/mol. The number of likely N-dealkylation sites (tertiary alicyclic amines) is 1. The first-order valence-electron chi connectivity index (χ1n) is 15.8. The van der Waals surface area contributed by atoms with Gasteiger partial charge in [-0.25, -0.2) is 13.6 Å². The van der Waals surface area contributed by atoms with Crippen LogP contribution in [0.3, 0.4) is 0 Å². The van der Waals surface area contributed by atoms with E-state index >= 15 is 0 Å². The second-order valence-electron chi connectivity index (χ2n) is 12.7. The van der Waals surface area contributed by atoms with Crippen LogP contribution in [0.4, 0.5) is 13.6 Å². The van der Waals surface area contributed by atoms with E-state index in [-0.39, 0.29) is 18.7 Å². The van der Waals surface area contributed by atoms with Crippen molar-refractivity contribution in [2.24, 2.45) is 11.8 Å². The number of aliphatic carboxylic acids is 1. The summed E-state index contributed by atoms with van der Waals surface area (Å²) >= 11 is 0. The molecule has 2 aliphatic rings. The third kappa shape index (κ3) is 9.22. The minimum absolute atomic E-state index is 0.0592. The summed E-state index contributed by atoms with van der Waals surface area (Å²) in [7, 11) is 0. The Balaban J connectivity index is 1.34. The van der Waals surface area contributed by atoms with Gasteiger partial charge >= 0.3 is 12.1 Å². The topological polar surface area (TPSA) is 82.1 Å².